The number of carbonyl (C=O) groups excluding carboxylic acids is 4. The largest absolute Gasteiger partial charge is 0.495 e. The number of carbonyl (C=O) groups is 4. The number of ether oxygens (including phenoxy) is 4. The molecule has 0 N–H and O–H groups in total. The Kier molecular flexibility index (Phi) is 18.0. The van der Waals surface area contributed by atoms with Gasteiger partial charge in [0.25, 0.3) is 0 Å². The van der Waals surface area contributed by atoms with E-state index in [1.54, 1.807) is 15.9 Å². The summed E-state index contributed by atoms with van der Waals surface area (Å²) in [5, 5.41) is 17.1. The smallest absolute Gasteiger partial charge is 0.469 e. The zero-order valence-corrected chi connectivity index (χ0v) is 48.8. The Hall–Kier alpha value is -7.26. The van der Waals surface area contributed by atoms with E-state index in [2.05, 4.69) is 84.0 Å². The number of hydrogen-bond acceptors (Lipinski definition) is 16. The molecule has 3 aliphatic rings. The molecular weight excluding hydrogens is 1010 g/mol. The highest BCUT2D eigenvalue weighted by Gasteiger charge is 2.52. The molecule has 7 heterocycles. The van der Waals surface area contributed by atoms with Gasteiger partial charge in [-0.05, 0) is 173 Å². The number of rotatable bonds is 9. The van der Waals surface area contributed by atoms with E-state index in [9.17, 15) is 19.2 Å². The number of amides is 2. The normalized spacial score (nSPS) is 16.1. The number of benzene rings is 2. The SMILES string of the molecule is CCn1nnc2c(C)c(B3OC(C)(C)C(C)(C)O3)ccc21.CCn1nnc2c(C)c(C(CC(=O)OC)c3ccc4c(n3)CN(C(=O)OC(C)(C)C)CC4)ccc21.COC(=O)/C=C/c1ccc2c(n1)CN(C(=O)OC(C)(C)C)CC2. The molecule has 422 valence electrons. The molecule has 2 aromatic carbocycles. The molecule has 4 aromatic heterocycles. The van der Waals surface area contributed by atoms with E-state index in [1.807, 2.05) is 101 Å². The third kappa shape index (κ3) is 14.0. The number of pyridine rings is 2. The lowest BCUT2D eigenvalue weighted by Crippen LogP contribution is -2.41. The molecule has 6 aromatic rings. The van der Waals surface area contributed by atoms with Gasteiger partial charge in [-0.3, -0.25) is 14.8 Å². The zero-order chi connectivity index (χ0) is 57.8. The summed E-state index contributed by atoms with van der Waals surface area (Å²) in [7, 11) is 2.36. The van der Waals surface area contributed by atoms with Crippen LogP contribution >= 0.6 is 0 Å². The molecule has 79 heavy (non-hydrogen) atoms. The van der Waals surface area contributed by atoms with Gasteiger partial charge in [-0.15, -0.1) is 10.2 Å². The van der Waals surface area contributed by atoms with Gasteiger partial charge in [-0.25, -0.2) is 23.7 Å². The van der Waals surface area contributed by atoms with Gasteiger partial charge >= 0.3 is 31.2 Å². The third-order valence-corrected chi connectivity index (χ3v) is 14.5. The van der Waals surface area contributed by atoms with E-state index in [0.29, 0.717) is 38.3 Å². The van der Waals surface area contributed by atoms with Crippen LogP contribution in [0.3, 0.4) is 0 Å². The van der Waals surface area contributed by atoms with Crippen LogP contribution in [0.2, 0.25) is 0 Å². The molecule has 3 aliphatic heterocycles. The maximum Gasteiger partial charge on any atom is 0.495 e. The van der Waals surface area contributed by atoms with Gasteiger partial charge in [-0.2, -0.15) is 0 Å². The van der Waals surface area contributed by atoms with Crippen LogP contribution in [0.25, 0.3) is 28.1 Å². The minimum atomic E-state index is -0.561. The molecule has 1 atom stereocenters. The van der Waals surface area contributed by atoms with Crippen LogP contribution in [0.4, 0.5) is 9.59 Å². The van der Waals surface area contributed by atoms with Crippen molar-refractivity contribution in [2.45, 2.75) is 171 Å². The average molecular weight is 1090 g/mol. The monoisotopic (exact) mass is 1080 g/mol. The molecule has 1 unspecified atom stereocenters. The van der Waals surface area contributed by atoms with Gasteiger partial charge in [0.15, 0.2) is 0 Å². The van der Waals surface area contributed by atoms with E-state index in [1.165, 1.54) is 20.3 Å². The van der Waals surface area contributed by atoms with Gasteiger partial charge in [0.1, 0.15) is 22.2 Å². The molecule has 0 bridgehead atoms. The Morgan fingerprint density at radius 1 is 0.684 bits per heavy atom. The third-order valence-electron chi connectivity index (χ3n) is 14.5. The van der Waals surface area contributed by atoms with Gasteiger partial charge < -0.3 is 38.1 Å². The quantitative estimate of drug-likeness (QED) is 0.0572. The molecule has 20 nitrogen and oxygen atoms in total. The van der Waals surface area contributed by atoms with Crippen LogP contribution in [0.15, 0.2) is 54.6 Å². The molecule has 21 heteroatoms. The lowest BCUT2D eigenvalue weighted by molar-refractivity contribution is -0.141. The molecule has 0 saturated carbocycles. The zero-order valence-electron chi connectivity index (χ0n) is 48.8. The fraction of sp³-hybridized carbons (Fsp3) is 0.517. The predicted octanol–water partition coefficient (Wildman–Crippen LogP) is 8.76. The number of methoxy groups -OCH3 is 2. The Balaban J connectivity index is 0.000000179. The van der Waals surface area contributed by atoms with Crippen molar-refractivity contribution >= 4 is 64.8 Å². The van der Waals surface area contributed by atoms with Crippen LogP contribution in [-0.4, -0.2) is 131 Å². The van der Waals surface area contributed by atoms with Crippen molar-refractivity contribution in [3.05, 3.63) is 105 Å². The van der Waals surface area contributed by atoms with Crippen molar-refractivity contribution in [1.82, 2.24) is 49.8 Å². The van der Waals surface area contributed by atoms with E-state index in [0.717, 1.165) is 91.9 Å². The Morgan fingerprint density at radius 2 is 1.19 bits per heavy atom. The van der Waals surface area contributed by atoms with E-state index < -0.39 is 17.2 Å². The molecule has 1 fully saturated rings. The molecule has 0 spiro atoms. The Labute approximate surface area is 463 Å². The minimum absolute atomic E-state index is 0.145. The Bertz CT molecular complexity index is 3230. The number of fused-ring (bicyclic) bond motifs is 4. The summed E-state index contributed by atoms with van der Waals surface area (Å²) >= 11 is 0. The summed E-state index contributed by atoms with van der Waals surface area (Å²) in [6.45, 7) is 31.0. The van der Waals surface area contributed by atoms with Crippen molar-refractivity contribution in [3.63, 3.8) is 0 Å². The summed E-state index contributed by atoms with van der Waals surface area (Å²) in [5.41, 5.74) is 11.3. The summed E-state index contributed by atoms with van der Waals surface area (Å²) in [6.07, 6.45) is 3.83. The Morgan fingerprint density at radius 3 is 1.70 bits per heavy atom. The predicted molar refractivity (Wildman–Crippen MR) is 300 cm³/mol. The molecule has 0 radical (unpaired) electrons. The number of esters is 2. The van der Waals surface area contributed by atoms with E-state index in [4.69, 9.17) is 28.5 Å². The summed E-state index contributed by atoms with van der Waals surface area (Å²) in [5.74, 6) is -1.07. The van der Waals surface area contributed by atoms with Crippen molar-refractivity contribution in [1.29, 1.82) is 0 Å². The maximum absolute atomic E-state index is 12.6. The number of aryl methyl sites for hydroxylation is 4. The van der Waals surface area contributed by atoms with Gasteiger partial charge in [-0.1, -0.05) is 34.7 Å². The van der Waals surface area contributed by atoms with Crippen LogP contribution < -0.4 is 5.46 Å². The first-order valence-corrected chi connectivity index (χ1v) is 26.9. The van der Waals surface area contributed by atoms with Crippen LogP contribution in [-0.2, 0) is 76.9 Å². The fourth-order valence-corrected chi connectivity index (χ4v) is 9.39. The van der Waals surface area contributed by atoms with Crippen molar-refractivity contribution in [2.24, 2.45) is 0 Å². The number of aromatic nitrogens is 8. The summed E-state index contributed by atoms with van der Waals surface area (Å²) in [6, 6.07) is 16.0. The lowest BCUT2D eigenvalue weighted by Gasteiger charge is -2.32. The first kappa shape index (κ1) is 59.4. The van der Waals surface area contributed by atoms with E-state index in [-0.39, 0.29) is 48.8 Å². The molecule has 2 amide bonds. The molecule has 0 aliphatic carbocycles. The molecular formula is C58H77BN10O10. The first-order chi connectivity index (χ1) is 37.2. The highest BCUT2D eigenvalue weighted by Crippen LogP contribution is 2.38. The highest BCUT2D eigenvalue weighted by molar-refractivity contribution is 6.63. The van der Waals surface area contributed by atoms with Crippen LogP contribution in [0.1, 0.15) is 146 Å². The fourth-order valence-electron chi connectivity index (χ4n) is 9.39. The molecule has 9 rings (SSSR count). The van der Waals surface area contributed by atoms with Crippen molar-refractivity contribution in [3.8, 4) is 0 Å². The van der Waals surface area contributed by atoms with Crippen LogP contribution in [0, 0.1) is 13.8 Å². The van der Waals surface area contributed by atoms with Crippen molar-refractivity contribution < 1.29 is 47.4 Å². The second-order valence-electron chi connectivity index (χ2n) is 22.9. The second kappa shape index (κ2) is 24.0. The van der Waals surface area contributed by atoms with Gasteiger partial charge in [0.2, 0.25) is 0 Å². The standard InChI is InChI=1S/C26H33N5O4.C17H22N2O4.C15H22BN3O2/c1-7-31-22-11-9-18(16(2)24(22)28-29-31)19(14-23(32)34-6)20-10-8-17-12-13-30(15-21(17)27-20)25(33)35-26(3,4)5;1-17(2,3)23-16(21)19-10-9-12-5-6-13(18-14(12)11-19)7-8-15(20)22-4;1-7-19-12-9-8-11(10(2)13(12)17-18-19)16-20-14(3,4)15(5,6)21-16/h8-11,19H,7,12-15H2,1-6H3;5-8H,9-11H2,1-4H3;8-9H,7H2,1-6H3/b;8-7+;. The summed E-state index contributed by atoms with van der Waals surface area (Å²) < 4.78 is 36.5. The van der Waals surface area contributed by atoms with Gasteiger partial charge in [0.05, 0.1) is 73.0 Å². The second-order valence-corrected chi connectivity index (χ2v) is 22.9. The summed E-state index contributed by atoms with van der Waals surface area (Å²) in [4.78, 5) is 61.1. The first-order valence-electron chi connectivity index (χ1n) is 26.9. The van der Waals surface area contributed by atoms with Crippen molar-refractivity contribution in [2.75, 3.05) is 27.3 Å². The number of hydrogen-bond donors (Lipinski definition) is 0. The lowest BCUT2D eigenvalue weighted by atomic mass is 9.76. The topological polar surface area (TPSA) is 217 Å². The maximum atomic E-state index is 12.6. The highest BCUT2D eigenvalue weighted by atomic mass is 16.7. The number of nitrogens with zero attached hydrogens (tertiary/aromatic N) is 10. The minimum Gasteiger partial charge on any atom is -0.469 e. The van der Waals surface area contributed by atoms with E-state index >= 15 is 0 Å². The van der Waals surface area contributed by atoms with Crippen LogP contribution in [0.5, 0.6) is 0 Å². The average Bonchev–Trinajstić information content (AvgIpc) is 4.16. The molecule has 1 saturated heterocycles. The van der Waals surface area contributed by atoms with Gasteiger partial charge in [0, 0.05) is 43.9 Å².